The van der Waals surface area contributed by atoms with E-state index < -0.39 is 24.8 Å². The largest absolute Gasteiger partial charge is 0.332 e. The summed E-state index contributed by atoms with van der Waals surface area (Å²) < 4.78 is 26.6. The molecule has 3 nitrogen and oxygen atoms in total. The molecule has 4 heteroatoms. The Labute approximate surface area is 885 Å². The second-order valence-electron chi connectivity index (χ2n) is 57.9. The van der Waals surface area contributed by atoms with E-state index in [4.69, 9.17) is 13.6 Å². The molecule has 142 heavy (non-hydrogen) atoms. The lowest BCUT2D eigenvalue weighted by atomic mass is 9.62. The molecule has 0 N–H and O–H groups in total. The van der Waals surface area contributed by atoms with Gasteiger partial charge in [0.05, 0.1) is 19.8 Å². The molecule has 0 atom stereocenters. The summed E-state index contributed by atoms with van der Waals surface area (Å²) in [5.74, 6) is 0. The van der Waals surface area contributed by atoms with E-state index in [1.165, 1.54) is 331 Å². The summed E-state index contributed by atoms with van der Waals surface area (Å²) in [6.07, 6.45) is 57.7. The van der Waals surface area contributed by atoms with Crippen LogP contribution in [0.1, 0.15) is 659 Å². The summed E-state index contributed by atoms with van der Waals surface area (Å²) in [7, 11) is -2.28. The van der Waals surface area contributed by atoms with Gasteiger partial charge in [0, 0.05) is 16.2 Å². The Kier molecular flexibility index (Phi) is 49.9. The van der Waals surface area contributed by atoms with Crippen LogP contribution in [-0.2, 0) is 94.8 Å². The van der Waals surface area contributed by atoms with E-state index in [-0.39, 0.29) is 65.0 Å². The molecule has 6 aromatic rings. The molecule has 0 saturated heterocycles. The van der Waals surface area contributed by atoms with Crippen molar-refractivity contribution in [2.24, 2.45) is 0 Å². The van der Waals surface area contributed by atoms with Gasteiger partial charge in [0.15, 0.2) is 0 Å². The van der Waals surface area contributed by atoms with Crippen molar-refractivity contribution in [3.8, 4) is 0 Å². The van der Waals surface area contributed by atoms with Gasteiger partial charge in [-0.2, -0.15) is 0 Å². The maximum absolute atomic E-state index is 8.87. The Morgan fingerprint density at radius 2 is 0.268 bits per heavy atom. The smallest absolute Gasteiger partial charge is 0.311 e. The van der Waals surface area contributed by atoms with Gasteiger partial charge >= 0.3 is 8.60 Å². The van der Waals surface area contributed by atoms with Crippen molar-refractivity contribution in [1.82, 2.24) is 0 Å². The fourth-order valence-corrected chi connectivity index (χ4v) is 23.9. The van der Waals surface area contributed by atoms with Crippen molar-refractivity contribution in [1.29, 1.82) is 0 Å². The fourth-order valence-electron chi connectivity index (χ4n) is 22.7. The molecule has 0 aliphatic carbocycles. The zero-order valence-electron chi connectivity index (χ0n) is 102. The third kappa shape index (κ3) is 39.1. The summed E-state index contributed by atoms with van der Waals surface area (Å²) in [6, 6.07) is 46.8. The first-order valence-corrected chi connectivity index (χ1v) is 60.7. The standard InChI is InChI=1S/C138H231O3P/c1-40-43-46-49-52-55-58-61-64-67-70-73-76-79-94-136(112-88-82-106(124(4,5)6)97-118(112)130(22,23)24,113-89-83-107(125(7,8)9)98-119(113)131(25,26)27)103-139-142(140-104-137(114-90-84-108(126(10,11)12)99-120(114)132(28,29)30,115-91-85-109(127(13,14)15)100-121(115)133(31,32)33)95-80-77-74-71-68-65-62-59-56-53-50-47-44-41-2)141-105-138(116-92-86-110(128(16,17)18)101-122(116)134(34,35)36,117-93-87-111(129(19,20)21)102-123(117)135(37,38)39)96-81-78-75-72-69-66-63-60-57-54-51-48-45-42-3/h82-93,97-102H,40-81,94-96,103-105H2,1-39H3. The highest BCUT2D eigenvalue weighted by atomic mass is 31.2. The summed E-state index contributed by atoms with van der Waals surface area (Å²) in [5.41, 5.74) is 20.9. The highest BCUT2D eigenvalue weighted by Gasteiger charge is 2.49. The van der Waals surface area contributed by atoms with E-state index in [1.54, 1.807) is 0 Å². The van der Waals surface area contributed by atoms with Crippen LogP contribution in [-0.4, -0.2) is 19.8 Å². The van der Waals surface area contributed by atoms with Gasteiger partial charge in [-0.15, -0.1) is 0 Å². The first kappa shape index (κ1) is 126. The lowest BCUT2D eigenvalue weighted by Gasteiger charge is -2.45. The van der Waals surface area contributed by atoms with Crippen LogP contribution in [0.4, 0.5) is 0 Å². The molecule has 0 aliphatic rings. The number of hydrogen-bond acceptors (Lipinski definition) is 3. The van der Waals surface area contributed by atoms with Crippen LogP contribution >= 0.6 is 8.60 Å². The van der Waals surface area contributed by atoms with E-state index in [0.29, 0.717) is 19.8 Å². The van der Waals surface area contributed by atoms with Crippen LogP contribution in [0.15, 0.2) is 109 Å². The van der Waals surface area contributed by atoms with Crippen LogP contribution in [0.5, 0.6) is 0 Å². The Bertz CT molecular complexity index is 3900. The van der Waals surface area contributed by atoms with Crippen molar-refractivity contribution in [2.75, 3.05) is 19.8 Å². The fraction of sp³-hybridized carbons (Fsp3) is 0.739. The molecule has 0 saturated carbocycles. The average Bonchev–Trinajstić information content (AvgIpc) is 0.735. The molecule has 0 unspecified atom stereocenters. The van der Waals surface area contributed by atoms with Crippen LogP contribution in [0.2, 0.25) is 0 Å². The number of benzene rings is 6. The zero-order chi connectivity index (χ0) is 106. The van der Waals surface area contributed by atoms with E-state index in [1.807, 2.05) is 0 Å². The van der Waals surface area contributed by atoms with E-state index in [9.17, 15) is 0 Å². The van der Waals surface area contributed by atoms with E-state index in [0.717, 1.165) is 57.8 Å². The van der Waals surface area contributed by atoms with E-state index >= 15 is 0 Å². The molecule has 0 heterocycles. The summed E-state index contributed by atoms with van der Waals surface area (Å²) in [4.78, 5) is 0. The topological polar surface area (TPSA) is 27.7 Å². The first-order chi connectivity index (χ1) is 66.0. The third-order valence-electron chi connectivity index (χ3n) is 32.4. The van der Waals surface area contributed by atoms with Crippen LogP contribution < -0.4 is 0 Å². The molecule has 6 aromatic carbocycles. The van der Waals surface area contributed by atoms with E-state index in [2.05, 4.69) is 379 Å². The molecule has 0 aromatic heterocycles. The summed E-state index contributed by atoms with van der Waals surface area (Å²) >= 11 is 0. The van der Waals surface area contributed by atoms with Crippen LogP contribution in [0.25, 0.3) is 0 Å². The van der Waals surface area contributed by atoms with Gasteiger partial charge in [-0.3, -0.25) is 0 Å². The molecule has 0 radical (unpaired) electrons. The number of hydrogen-bond donors (Lipinski definition) is 0. The van der Waals surface area contributed by atoms with Crippen molar-refractivity contribution in [3.05, 3.63) is 209 Å². The normalized spacial score (nSPS) is 13.7. The molecule has 0 fully saturated rings. The van der Waals surface area contributed by atoms with Gasteiger partial charge in [-0.05, 0) is 184 Å². The van der Waals surface area contributed by atoms with Gasteiger partial charge in [0.25, 0.3) is 0 Å². The summed E-state index contributed by atoms with van der Waals surface area (Å²) in [5, 5.41) is 0. The van der Waals surface area contributed by atoms with Crippen molar-refractivity contribution >= 4 is 8.60 Å². The molecule has 0 bridgehead atoms. The maximum atomic E-state index is 8.87. The monoisotopic (exact) mass is 1970 g/mol. The average molecular weight is 1970 g/mol. The first-order valence-electron chi connectivity index (χ1n) is 59.6. The minimum absolute atomic E-state index is 0.0920. The SMILES string of the molecule is CCCCCCCCCCCCCCCCC(COP(OCC(CCCCCCCCCCCCCCCC)(c1ccc(C(C)(C)C)cc1C(C)(C)C)c1ccc(C(C)(C)C)cc1C(C)(C)C)OCC(CCCCCCCCCCCCCCCC)(c1ccc(C(C)(C)C)cc1C(C)(C)C)c1ccc(C(C)(C)C)cc1C(C)(C)C)(c1ccc(C(C)(C)C)cc1C(C)(C)C)c1ccc(C(C)(C)C)cc1C(C)(C)C. The number of unbranched alkanes of at least 4 members (excludes halogenated alkanes) is 39. The second kappa shape index (κ2) is 56.1. The quantitative estimate of drug-likeness (QED) is 0.0281. The Balaban J connectivity index is 1.87. The Morgan fingerprint density at radius 1 is 0.148 bits per heavy atom. The maximum Gasteiger partial charge on any atom is 0.332 e. The highest BCUT2D eigenvalue weighted by molar-refractivity contribution is 7.41. The van der Waals surface area contributed by atoms with Crippen molar-refractivity contribution in [3.63, 3.8) is 0 Å². The Hall–Kier alpha value is -4.37. The molecule has 806 valence electrons. The minimum atomic E-state index is -2.28. The van der Waals surface area contributed by atoms with Gasteiger partial charge in [0.2, 0.25) is 0 Å². The minimum Gasteiger partial charge on any atom is -0.311 e. The van der Waals surface area contributed by atoms with Gasteiger partial charge in [0.1, 0.15) is 0 Å². The van der Waals surface area contributed by atoms with Gasteiger partial charge < -0.3 is 13.6 Å². The van der Waals surface area contributed by atoms with Crippen molar-refractivity contribution in [2.45, 2.75) is 640 Å². The molecule has 6 rings (SSSR count). The van der Waals surface area contributed by atoms with Crippen molar-refractivity contribution < 1.29 is 13.6 Å². The zero-order valence-corrected chi connectivity index (χ0v) is 102. The number of rotatable bonds is 60. The molecule has 0 spiro atoms. The highest BCUT2D eigenvalue weighted by Crippen LogP contribution is 2.58. The molecule has 0 aliphatic heterocycles. The van der Waals surface area contributed by atoms with Gasteiger partial charge in [-0.25, -0.2) is 0 Å². The molecular formula is C138H231O3P. The molecular weight excluding hydrogens is 1740 g/mol. The summed E-state index contributed by atoms with van der Waals surface area (Å²) in [6.45, 7) is 96.6. The predicted octanol–water partition coefficient (Wildman–Crippen LogP) is 44.4. The lowest BCUT2D eigenvalue weighted by Crippen LogP contribution is -2.41. The van der Waals surface area contributed by atoms with Crippen LogP contribution in [0, 0.1) is 0 Å². The van der Waals surface area contributed by atoms with Crippen LogP contribution in [0.3, 0.4) is 0 Å². The lowest BCUT2D eigenvalue weighted by molar-refractivity contribution is 0.105. The second-order valence-corrected chi connectivity index (χ2v) is 59.1. The Morgan fingerprint density at radius 3 is 0.380 bits per heavy atom. The van der Waals surface area contributed by atoms with Gasteiger partial charge in [-0.1, -0.05) is 649 Å². The third-order valence-corrected chi connectivity index (χ3v) is 33.4. The predicted molar refractivity (Wildman–Crippen MR) is 635 cm³/mol. The molecule has 0 amide bonds.